The fourth-order valence-corrected chi connectivity index (χ4v) is 3.60. The Morgan fingerprint density at radius 2 is 2.10 bits per heavy atom. The minimum Gasteiger partial charge on any atom is -0.381 e. The van der Waals surface area contributed by atoms with E-state index in [1.54, 1.807) is 0 Å². The molecule has 0 bridgehead atoms. The quantitative estimate of drug-likeness (QED) is 0.878. The predicted molar refractivity (Wildman–Crippen MR) is 84.8 cm³/mol. The average molecular weight is 312 g/mol. The van der Waals surface area contributed by atoms with Crippen LogP contribution in [-0.2, 0) is 24.6 Å². The molecule has 1 saturated carbocycles. The largest absolute Gasteiger partial charge is 0.381 e. The highest BCUT2D eigenvalue weighted by Gasteiger charge is 2.36. The first-order valence-electron chi connectivity index (χ1n) is 8.15. The number of rotatable bonds is 6. The van der Waals surface area contributed by atoms with Crippen LogP contribution in [0, 0.1) is 5.41 Å². The second-order valence-electron chi connectivity index (χ2n) is 6.63. The van der Waals surface area contributed by atoms with Gasteiger partial charge >= 0.3 is 0 Å². The number of hydrogen-bond acceptors (Lipinski definition) is 3. The molecule has 2 aliphatic rings. The molecule has 5 heteroatoms. The molecule has 0 unspecified atom stereocenters. The smallest absolute Gasteiger partial charge is 0.0849 e. The third-order valence-corrected chi connectivity index (χ3v) is 5.38. The van der Waals surface area contributed by atoms with Gasteiger partial charge in [-0.25, -0.2) is 0 Å². The van der Waals surface area contributed by atoms with Crippen molar-refractivity contribution >= 4 is 11.6 Å². The van der Waals surface area contributed by atoms with E-state index in [0.29, 0.717) is 0 Å². The molecule has 1 aliphatic carbocycles. The highest BCUT2D eigenvalue weighted by atomic mass is 35.5. The van der Waals surface area contributed by atoms with E-state index in [2.05, 4.69) is 17.3 Å². The Morgan fingerprint density at radius 1 is 1.38 bits per heavy atom. The number of nitrogens with zero attached hydrogens (tertiary/aromatic N) is 2. The lowest BCUT2D eigenvalue weighted by Crippen LogP contribution is -2.42. The SMILES string of the molecule is CCc1nn(C)c(CC2(CNC3CC3)CCOCC2)c1Cl. The third kappa shape index (κ3) is 3.43. The number of ether oxygens (including phenoxy) is 1. The molecule has 1 aromatic heterocycles. The van der Waals surface area contributed by atoms with Gasteiger partial charge in [-0.05, 0) is 43.9 Å². The van der Waals surface area contributed by atoms with Crippen molar-refractivity contribution in [2.75, 3.05) is 19.8 Å². The fraction of sp³-hybridized carbons (Fsp3) is 0.812. The van der Waals surface area contributed by atoms with Crippen LogP contribution in [0.25, 0.3) is 0 Å². The van der Waals surface area contributed by atoms with Crippen LogP contribution in [0.3, 0.4) is 0 Å². The van der Waals surface area contributed by atoms with E-state index in [1.807, 2.05) is 11.7 Å². The summed E-state index contributed by atoms with van der Waals surface area (Å²) in [6.07, 6.45) is 6.77. The van der Waals surface area contributed by atoms with Gasteiger partial charge in [-0.2, -0.15) is 5.10 Å². The van der Waals surface area contributed by atoms with Gasteiger partial charge in [0.25, 0.3) is 0 Å². The molecule has 0 amide bonds. The summed E-state index contributed by atoms with van der Waals surface area (Å²) in [5, 5.41) is 9.16. The molecule has 0 aromatic carbocycles. The van der Waals surface area contributed by atoms with Gasteiger partial charge in [0.05, 0.1) is 16.4 Å². The summed E-state index contributed by atoms with van der Waals surface area (Å²) in [5.41, 5.74) is 2.48. The van der Waals surface area contributed by atoms with Gasteiger partial charge in [-0.3, -0.25) is 4.68 Å². The second-order valence-corrected chi connectivity index (χ2v) is 7.01. The predicted octanol–water partition coefficient (Wildman–Crippen LogP) is 2.73. The first-order chi connectivity index (χ1) is 10.1. The van der Waals surface area contributed by atoms with Crippen LogP contribution in [0.15, 0.2) is 0 Å². The van der Waals surface area contributed by atoms with E-state index >= 15 is 0 Å². The van der Waals surface area contributed by atoms with E-state index in [0.717, 1.165) is 62.2 Å². The van der Waals surface area contributed by atoms with Gasteiger partial charge in [0.2, 0.25) is 0 Å². The Kier molecular flexibility index (Phi) is 4.57. The van der Waals surface area contributed by atoms with Crippen LogP contribution in [-0.4, -0.2) is 35.6 Å². The first-order valence-corrected chi connectivity index (χ1v) is 8.53. The third-order valence-electron chi connectivity index (χ3n) is 4.94. The van der Waals surface area contributed by atoms with Gasteiger partial charge in [0, 0.05) is 32.8 Å². The molecule has 0 atom stereocenters. The van der Waals surface area contributed by atoms with E-state index in [1.165, 1.54) is 18.5 Å². The zero-order chi connectivity index (χ0) is 14.9. The molecule has 3 rings (SSSR count). The lowest BCUT2D eigenvalue weighted by atomic mass is 9.76. The van der Waals surface area contributed by atoms with Gasteiger partial charge in [0.1, 0.15) is 0 Å². The molecule has 2 fully saturated rings. The maximum absolute atomic E-state index is 6.55. The number of hydrogen-bond donors (Lipinski definition) is 1. The lowest BCUT2D eigenvalue weighted by Gasteiger charge is -2.37. The molecule has 4 nitrogen and oxygen atoms in total. The summed E-state index contributed by atoms with van der Waals surface area (Å²) < 4.78 is 7.57. The molecule has 1 aromatic rings. The van der Waals surface area contributed by atoms with Crippen molar-refractivity contribution in [2.24, 2.45) is 12.5 Å². The monoisotopic (exact) mass is 311 g/mol. The van der Waals surface area contributed by atoms with E-state index in [4.69, 9.17) is 16.3 Å². The average Bonchev–Trinajstić information content (AvgIpc) is 3.29. The summed E-state index contributed by atoms with van der Waals surface area (Å²) in [7, 11) is 2.02. The summed E-state index contributed by atoms with van der Waals surface area (Å²) >= 11 is 6.55. The Hall–Kier alpha value is -0.580. The van der Waals surface area contributed by atoms with Crippen molar-refractivity contribution in [1.82, 2.24) is 15.1 Å². The van der Waals surface area contributed by atoms with Crippen molar-refractivity contribution < 1.29 is 4.74 Å². The molecule has 1 N–H and O–H groups in total. The van der Waals surface area contributed by atoms with E-state index < -0.39 is 0 Å². The van der Waals surface area contributed by atoms with Crippen LogP contribution in [0.1, 0.15) is 44.0 Å². The zero-order valence-corrected chi connectivity index (χ0v) is 13.9. The first kappa shape index (κ1) is 15.3. The standard InChI is InChI=1S/C16H26ClN3O/c1-3-13-15(17)14(20(2)19-13)10-16(6-8-21-9-7-16)11-18-12-4-5-12/h12,18H,3-11H2,1-2H3. The Labute approximate surface area is 132 Å². The van der Waals surface area contributed by atoms with Gasteiger partial charge in [-0.15, -0.1) is 0 Å². The molecular weight excluding hydrogens is 286 g/mol. The lowest BCUT2D eigenvalue weighted by molar-refractivity contribution is 0.0139. The minimum atomic E-state index is 0.267. The number of nitrogens with one attached hydrogen (secondary N) is 1. The van der Waals surface area contributed by atoms with Crippen molar-refractivity contribution in [3.8, 4) is 0 Å². The number of aryl methyl sites for hydroxylation is 2. The topological polar surface area (TPSA) is 39.1 Å². The van der Waals surface area contributed by atoms with Gasteiger partial charge in [0.15, 0.2) is 0 Å². The second kappa shape index (κ2) is 6.27. The molecular formula is C16H26ClN3O. The van der Waals surface area contributed by atoms with E-state index in [-0.39, 0.29) is 5.41 Å². The molecule has 0 radical (unpaired) electrons. The van der Waals surface area contributed by atoms with Crippen molar-refractivity contribution in [2.45, 2.75) is 51.5 Å². The molecule has 2 heterocycles. The molecule has 118 valence electrons. The Balaban J connectivity index is 1.78. The van der Waals surface area contributed by atoms with Gasteiger partial charge < -0.3 is 10.1 Å². The molecule has 1 aliphatic heterocycles. The summed E-state index contributed by atoms with van der Waals surface area (Å²) in [5.74, 6) is 0. The zero-order valence-electron chi connectivity index (χ0n) is 13.1. The van der Waals surface area contributed by atoms with Crippen LogP contribution in [0.5, 0.6) is 0 Å². The number of halogens is 1. The van der Waals surface area contributed by atoms with Crippen LogP contribution >= 0.6 is 11.6 Å². The molecule has 1 saturated heterocycles. The fourth-order valence-electron chi connectivity index (χ4n) is 3.24. The maximum atomic E-state index is 6.55. The molecule has 21 heavy (non-hydrogen) atoms. The van der Waals surface area contributed by atoms with Crippen molar-refractivity contribution in [3.05, 3.63) is 16.4 Å². The van der Waals surface area contributed by atoms with Crippen molar-refractivity contribution in [1.29, 1.82) is 0 Å². The molecule has 0 spiro atoms. The maximum Gasteiger partial charge on any atom is 0.0849 e. The Morgan fingerprint density at radius 3 is 2.67 bits per heavy atom. The Bertz CT molecular complexity index is 490. The van der Waals surface area contributed by atoms with Crippen molar-refractivity contribution in [3.63, 3.8) is 0 Å². The van der Waals surface area contributed by atoms with Crippen LogP contribution in [0.4, 0.5) is 0 Å². The van der Waals surface area contributed by atoms with Crippen LogP contribution < -0.4 is 5.32 Å². The highest BCUT2D eigenvalue weighted by Crippen LogP contribution is 2.37. The van der Waals surface area contributed by atoms with E-state index in [9.17, 15) is 0 Å². The summed E-state index contributed by atoms with van der Waals surface area (Å²) in [6, 6.07) is 0.748. The summed E-state index contributed by atoms with van der Waals surface area (Å²) in [6.45, 7) is 4.91. The normalized spacial score (nSPS) is 21.7. The number of aromatic nitrogens is 2. The van der Waals surface area contributed by atoms with Gasteiger partial charge in [-0.1, -0.05) is 18.5 Å². The summed E-state index contributed by atoms with van der Waals surface area (Å²) in [4.78, 5) is 0. The minimum absolute atomic E-state index is 0.267. The van der Waals surface area contributed by atoms with Crippen LogP contribution in [0.2, 0.25) is 5.02 Å². The highest BCUT2D eigenvalue weighted by molar-refractivity contribution is 6.31.